The maximum absolute atomic E-state index is 13.3. The van der Waals surface area contributed by atoms with Crippen molar-refractivity contribution >= 4 is 32.6 Å². The summed E-state index contributed by atoms with van der Waals surface area (Å²) in [5, 5.41) is 7.62. The van der Waals surface area contributed by atoms with Gasteiger partial charge in [-0.2, -0.15) is 5.10 Å². The molecule has 10 nitrogen and oxygen atoms in total. The molecule has 1 atom stereocenters. The minimum absolute atomic E-state index is 0.189. The average Bonchev–Trinajstić information content (AvgIpc) is 3.35. The molecule has 0 fully saturated rings. The lowest BCUT2D eigenvalue weighted by Gasteiger charge is -2.18. The molecule has 4 rings (SSSR count). The van der Waals surface area contributed by atoms with Crippen molar-refractivity contribution in [1.82, 2.24) is 25.1 Å². The Balaban J connectivity index is 1.58. The van der Waals surface area contributed by atoms with E-state index in [9.17, 15) is 22.4 Å². The first-order valence-electron chi connectivity index (χ1n) is 11.4. The summed E-state index contributed by atoms with van der Waals surface area (Å²) in [7, 11) is -2.65. The SMILES string of the molecule is CC[C@H](NC(=O)c1cncc2c1cnn2-c1ccc(F)cc1)c1ccnc(S(=O)(=O)CCC(=O)OC)c1. The molecule has 0 unspecified atom stereocenters. The van der Waals surface area contributed by atoms with Crippen molar-refractivity contribution in [2.75, 3.05) is 12.9 Å². The minimum Gasteiger partial charge on any atom is -0.469 e. The van der Waals surface area contributed by atoms with Crippen LogP contribution in [0.25, 0.3) is 16.6 Å². The maximum Gasteiger partial charge on any atom is 0.306 e. The zero-order chi connectivity index (χ0) is 26.6. The quantitative estimate of drug-likeness (QED) is 0.330. The van der Waals surface area contributed by atoms with Gasteiger partial charge in [-0.3, -0.25) is 14.6 Å². The second kappa shape index (κ2) is 10.8. The topological polar surface area (TPSA) is 133 Å². The molecular formula is C25H24FN5O5S. The number of aromatic nitrogens is 4. The lowest BCUT2D eigenvalue weighted by Crippen LogP contribution is -2.28. The zero-order valence-electron chi connectivity index (χ0n) is 20.1. The molecule has 0 aliphatic carbocycles. The van der Waals surface area contributed by atoms with Gasteiger partial charge in [0.05, 0.1) is 54.5 Å². The molecule has 0 aliphatic heterocycles. The van der Waals surface area contributed by atoms with E-state index in [0.29, 0.717) is 28.6 Å². The number of amides is 1. The number of fused-ring (bicyclic) bond motifs is 1. The van der Waals surface area contributed by atoms with Crippen LogP contribution in [0.2, 0.25) is 0 Å². The van der Waals surface area contributed by atoms with Gasteiger partial charge in [0.25, 0.3) is 5.91 Å². The van der Waals surface area contributed by atoms with E-state index in [0.717, 1.165) is 0 Å². The predicted octanol–water partition coefficient (Wildman–Crippen LogP) is 3.17. The molecule has 1 aromatic carbocycles. The first-order valence-corrected chi connectivity index (χ1v) is 13.0. The van der Waals surface area contributed by atoms with Crippen molar-refractivity contribution in [1.29, 1.82) is 0 Å². The number of carbonyl (C=O) groups excluding carboxylic acids is 2. The Kier molecular flexibility index (Phi) is 7.58. The van der Waals surface area contributed by atoms with Crippen LogP contribution in [0.1, 0.15) is 41.7 Å². The zero-order valence-corrected chi connectivity index (χ0v) is 20.9. The van der Waals surface area contributed by atoms with Gasteiger partial charge in [-0.15, -0.1) is 0 Å². The Morgan fingerprint density at radius 3 is 2.59 bits per heavy atom. The second-order valence-corrected chi connectivity index (χ2v) is 10.2. The number of ether oxygens (including phenoxy) is 1. The van der Waals surface area contributed by atoms with Gasteiger partial charge < -0.3 is 10.1 Å². The van der Waals surface area contributed by atoms with Gasteiger partial charge in [-0.05, 0) is 48.4 Å². The van der Waals surface area contributed by atoms with Crippen LogP contribution in [0.4, 0.5) is 4.39 Å². The highest BCUT2D eigenvalue weighted by Crippen LogP contribution is 2.24. The van der Waals surface area contributed by atoms with Gasteiger partial charge in [0.1, 0.15) is 5.82 Å². The molecule has 0 spiro atoms. The summed E-state index contributed by atoms with van der Waals surface area (Å²) in [6.07, 6.45) is 6.06. The normalized spacial score (nSPS) is 12.3. The smallest absolute Gasteiger partial charge is 0.306 e. The van der Waals surface area contributed by atoms with Crippen LogP contribution >= 0.6 is 0 Å². The van der Waals surface area contributed by atoms with E-state index < -0.39 is 33.5 Å². The number of sulfone groups is 1. The Labute approximate surface area is 212 Å². The van der Waals surface area contributed by atoms with Crippen LogP contribution in [0, 0.1) is 5.82 Å². The largest absolute Gasteiger partial charge is 0.469 e. The molecule has 0 bridgehead atoms. The molecular weight excluding hydrogens is 501 g/mol. The molecule has 0 saturated heterocycles. The molecule has 3 heterocycles. The summed E-state index contributed by atoms with van der Waals surface area (Å²) in [5.74, 6) is -1.87. The molecule has 1 amide bonds. The van der Waals surface area contributed by atoms with Crippen LogP contribution in [0.5, 0.6) is 0 Å². The van der Waals surface area contributed by atoms with Crippen molar-refractivity contribution in [3.05, 3.63) is 78.1 Å². The van der Waals surface area contributed by atoms with E-state index in [1.54, 1.807) is 29.1 Å². The number of benzene rings is 1. The van der Waals surface area contributed by atoms with Crippen LogP contribution < -0.4 is 5.32 Å². The number of carbonyl (C=O) groups is 2. The summed E-state index contributed by atoms with van der Waals surface area (Å²) < 4.78 is 44.7. The van der Waals surface area contributed by atoms with E-state index in [1.807, 2.05) is 6.92 Å². The van der Waals surface area contributed by atoms with E-state index in [1.165, 1.54) is 43.9 Å². The monoisotopic (exact) mass is 525 g/mol. The van der Waals surface area contributed by atoms with Gasteiger partial charge >= 0.3 is 5.97 Å². The number of methoxy groups -OCH3 is 1. The van der Waals surface area contributed by atoms with E-state index in [2.05, 4.69) is 25.1 Å². The van der Waals surface area contributed by atoms with Crippen molar-refractivity contribution in [3.8, 4) is 5.69 Å². The van der Waals surface area contributed by atoms with Crippen molar-refractivity contribution in [3.63, 3.8) is 0 Å². The summed E-state index contributed by atoms with van der Waals surface area (Å²) in [6.45, 7) is 1.85. The molecule has 4 aromatic rings. The lowest BCUT2D eigenvalue weighted by molar-refractivity contribution is -0.140. The summed E-state index contributed by atoms with van der Waals surface area (Å²) in [6, 6.07) is 8.27. The van der Waals surface area contributed by atoms with Crippen LogP contribution in [0.3, 0.4) is 0 Å². The summed E-state index contributed by atoms with van der Waals surface area (Å²) >= 11 is 0. The molecule has 3 aromatic heterocycles. The first-order chi connectivity index (χ1) is 17.7. The van der Waals surface area contributed by atoms with Crippen LogP contribution in [0.15, 0.2) is 66.2 Å². The second-order valence-electron chi connectivity index (χ2n) is 8.16. The maximum atomic E-state index is 13.3. The Morgan fingerprint density at radius 1 is 1.14 bits per heavy atom. The Bertz CT molecular complexity index is 1550. The van der Waals surface area contributed by atoms with E-state index in [4.69, 9.17) is 0 Å². The molecule has 12 heteroatoms. The number of esters is 1. The van der Waals surface area contributed by atoms with Crippen molar-refractivity contribution in [2.24, 2.45) is 0 Å². The van der Waals surface area contributed by atoms with Gasteiger partial charge in [-0.1, -0.05) is 6.92 Å². The number of nitrogens with one attached hydrogen (secondary N) is 1. The Morgan fingerprint density at radius 2 is 1.89 bits per heavy atom. The summed E-state index contributed by atoms with van der Waals surface area (Å²) in [5.41, 5.74) is 2.00. The van der Waals surface area contributed by atoms with Gasteiger partial charge in [-0.25, -0.2) is 22.5 Å². The van der Waals surface area contributed by atoms with Gasteiger partial charge in [0.15, 0.2) is 14.9 Å². The highest BCUT2D eigenvalue weighted by Gasteiger charge is 2.22. The highest BCUT2D eigenvalue weighted by atomic mass is 32.2. The number of hydrogen-bond donors (Lipinski definition) is 1. The number of halogens is 1. The summed E-state index contributed by atoms with van der Waals surface area (Å²) in [4.78, 5) is 32.8. The third-order valence-corrected chi connectivity index (χ3v) is 7.41. The van der Waals surface area contributed by atoms with Crippen molar-refractivity contribution in [2.45, 2.75) is 30.8 Å². The van der Waals surface area contributed by atoms with Crippen LogP contribution in [-0.4, -0.2) is 52.9 Å². The fourth-order valence-corrected chi connectivity index (χ4v) is 4.99. The number of nitrogens with zero attached hydrogens (tertiary/aromatic N) is 4. The standard InChI is InChI=1S/C25H24FN5O5S/c1-3-21(16-8-10-28-23(12-16)37(34,35)11-9-24(32)36-2)30-25(33)20-13-27-15-22-19(20)14-29-31(22)18-6-4-17(26)5-7-18/h4-8,10,12-15,21H,3,9,11H2,1-2H3,(H,30,33)/t21-/m0/s1. The van der Waals surface area contributed by atoms with E-state index >= 15 is 0 Å². The minimum atomic E-state index is -3.83. The van der Waals surface area contributed by atoms with E-state index in [-0.39, 0.29) is 22.8 Å². The lowest BCUT2D eigenvalue weighted by atomic mass is 10.1. The third-order valence-electron chi connectivity index (χ3n) is 5.81. The molecule has 192 valence electrons. The fourth-order valence-electron chi connectivity index (χ4n) is 3.80. The molecule has 1 N–H and O–H groups in total. The molecule has 0 radical (unpaired) electrons. The molecule has 37 heavy (non-hydrogen) atoms. The van der Waals surface area contributed by atoms with Gasteiger partial charge in [0.2, 0.25) is 0 Å². The Hall–Kier alpha value is -4.19. The highest BCUT2D eigenvalue weighted by molar-refractivity contribution is 7.91. The first kappa shape index (κ1) is 25.9. The van der Waals surface area contributed by atoms with Crippen LogP contribution in [-0.2, 0) is 19.4 Å². The third kappa shape index (κ3) is 5.64. The molecule has 0 saturated carbocycles. The predicted molar refractivity (Wildman–Crippen MR) is 132 cm³/mol. The number of rotatable bonds is 9. The molecule has 0 aliphatic rings. The number of hydrogen-bond acceptors (Lipinski definition) is 8. The average molecular weight is 526 g/mol. The van der Waals surface area contributed by atoms with Crippen molar-refractivity contribution < 1.29 is 27.1 Å². The fraction of sp³-hybridized carbons (Fsp3) is 0.240. The number of pyridine rings is 2. The van der Waals surface area contributed by atoms with Gasteiger partial charge in [0, 0.05) is 17.8 Å².